The largest absolute Gasteiger partial charge is 0.491 e. The smallest absolute Gasteiger partial charge is 0.490 e. The molecule has 0 saturated carbocycles. The van der Waals surface area contributed by atoms with Crippen molar-refractivity contribution in [1.82, 2.24) is 19.9 Å². The number of rotatable bonds is 6. The number of hydrogen-bond donors (Lipinski definition) is 3. The van der Waals surface area contributed by atoms with E-state index in [1.165, 1.54) is 6.20 Å². The van der Waals surface area contributed by atoms with E-state index in [1.807, 2.05) is 16.7 Å². The van der Waals surface area contributed by atoms with Gasteiger partial charge in [0.15, 0.2) is 11.5 Å². The van der Waals surface area contributed by atoms with Gasteiger partial charge in [-0.1, -0.05) is 0 Å². The number of amides is 1. The molecule has 1 atom stereocenters. The van der Waals surface area contributed by atoms with Crippen molar-refractivity contribution in [2.45, 2.75) is 25.2 Å². The second-order valence-electron chi connectivity index (χ2n) is 8.63. The van der Waals surface area contributed by atoms with E-state index in [4.69, 9.17) is 29.1 Å². The van der Waals surface area contributed by atoms with E-state index in [-0.39, 0.29) is 6.10 Å². The highest BCUT2D eigenvalue weighted by Crippen LogP contribution is 2.37. The summed E-state index contributed by atoms with van der Waals surface area (Å²) in [4.78, 5) is 34.6. The molecule has 2 aliphatic heterocycles. The lowest BCUT2D eigenvalue weighted by molar-refractivity contribution is -0.192. The molecule has 15 heteroatoms. The Kier molecular flexibility index (Phi) is 9.16. The summed E-state index contributed by atoms with van der Waals surface area (Å²) in [7, 11) is 1.59. The Morgan fingerprint density at radius 2 is 2.08 bits per heavy atom. The van der Waals surface area contributed by atoms with E-state index >= 15 is 0 Å². The van der Waals surface area contributed by atoms with Gasteiger partial charge in [0, 0.05) is 50.4 Å². The summed E-state index contributed by atoms with van der Waals surface area (Å²) >= 11 is 0. The van der Waals surface area contributed by atoms with Gasteiger partial charge in [-0.15, -0.1) is 0 Å². The van der Waals surface area contributed by atoms with Crippen molar-refractivity contribution in [3.63, 3.8) is 0 Å². The number of halogens is 3. The van der Waals surface area contributed by atoms with Crippen molar-refractivity contribution >= 4 is 28.6 Å². The first-order valence-corrected chi connectivity index (χ1v) is 12.3. The number of hydrogen-bond acceptors (Lipinski definition) is 9. The van der Waals surface area contributed by atoms with Gasteiger partial charge in [0.2, 0.25) is 5.62 Å². The molecule has 4 heterocycles. The molecule has 1 amide bonds. The molecule has 1 aromatic carbocycles. The van der Waals surface area contributed by atoms with Crippen LogP contribution in [0.2, 0.25) is 0 Å². The highest BCUT2D eigenvalue weighted by atomic mass is 19.4. The number of carboxylic acid groups (broad SMARTS) is 1. The zero-order chi connectivity index (χ0) is 28.7. The Balaban J connectivity index is 0.000000470. The zero-order valence-electron chi connectivity index (χ0n) is 21.4. The van der Waals surface area contributed by atoms with Crippen LogP contribution in [0.3, 0.4) is 0 Å². The molecule has 12 nitrogen and oxygen atoms in total. The van der Waals surface area contributed by atoms with E-state index in [2.05, 4.69) is 20.6 Å². The second-order valence-corrected chi connectivity index (χ2v) is 8.63. The Labute approximate surface area is 225 Å². The standard InChI is InChI=1S/C23H26N6O4.C2HF3O2/c1-31-20-18(33-11-6-16-14-25-9-12-32-16)5-4-17-19(20)27-23(29-10-8-26-21(17)29)28-22(30)15-3-2-7-24-13-15;3-2(4,5)1(6)7/h2-5,7,13,16,25-26H,6,8-12,14H2,1H3;(H,6,7). The molecular weight excluding hydrogens is 537 g/mol. The lowest BCUT2D eigenvalue weighted by Gasteiger charge is -2.23. The Hall–Kier alpha value is -4.24. The first-order chi connectivity index (χ1) is 19.2. The van der Waals surface area contributed by atoms with Gasteiger partial charge in [-0.2, -0.15) is 18.2 Å². The minimum Gasteiger partial charge on any atom is -0.491 e. The van der Waals surface area contributed by atoms with Gasteiger partial charge in [0.1, 0.15) is 11.3 Å². The number of carbonyl (C=O) groups is 2. The molecule has 3 aromatic rings. The number of nitrogens with one attached hydrogen (secondary N) is 2. The maximum atomic E-state index is 12.7. The van der Waals surface area contributed by atoms with Gasteiger partial charge in [0.25, 0.3) is 5.91 Å². The number of methoxy groups -OCH3 is 1. The van der Waals surface area contributed by atoms with E-state index < -0.39 is 18.1 Å². The predicted octanol–water partition coefficient (Wildman–Crippen LogP) is 2.00. The van der Waals surface area contributed by atoms with Crippen LogP contribution >= 0.6 is 0 Å². The van der Waals surface area contributed by atoms with E-state index in [9.17, 15) is 18.0 Å². The van der Waals surface area contributed by atoms with E-state index in [0.29, 0.717) is 48.0 Å². The number of nitrogens with zero attached hydrogens (tertiary/aromatic N) is 4. The van der Waals surface area contributed by atoms with Crippen LogP contribution in [0.25, 0.3) is 10.9 Å². The summed E-state index contributed by atoms with van der Waals surface area (Å²) in [5.74, 6) is -1.20. The van der Waals surface area contributed by atoms with Crippen molar-refractivity contribution in [3.8, 4) is 11.5 Å². The van der Waals surface area contributed by atoms with Crippen LogP contribution in [0.15, 0.2) is 41.7 Å². The van der Waals surface area contributed by atoms with E-state index in [1.54, 1.807) is 25.4 Å². The molecule has 3 N–H and O–H groups in total. The average molecular weight is 565 g/mol. The predicted molar refractivity (Wildman–Crippen MR) is 135 cm³/mol. The number of benzene rings is 1. The maximum Gasteiger partial charge on any atom is 0.490 e. The number of anilines is 1. The summed E-state index contributed by atoms with van der Waals surface area (Å²) in [5.41, 5.74) is 1.31. The highest BCUT2D eigenvalue weighted by Gasteiger charge is 2.38. The molecule has 1 saturated heterocycles. The third kappa shape index (κ3) is 6.84. The average Bonchev–Trinajstić information content (AvgIpc) is 3.44. The second kappa shape index (κ2) is 12.7. The lowest BCUT2D eigenvalue weighted by Crippen LogP contribution is -2.39. The monoisotopic (exact) mass is 564 g/mol. The third-order valence-corrected chi connectivity index (χ3v) is 5.96. The number of aromatic nitrogens is 3. The summed E-state index contributed by atoms with van der Waals surface area (Å²) in [6.45, 7) is 4.30. The Morgan fingerprint density at radius 1 is 1.27 bits per heavy atom. The first kappa shape index (κ1) is 28.8. The maximum absolute atomic E-state index is 12.7. The Bertz CT molecular complexity index is 1420. The van der Waals surface area contributed by atoms with Gasteiger partial charge < -0.3 is 30.0 Å². The molecule has 40 heavy (non-hydrogen) atoms. The quantitative estimate of drug-likeness (QED) is 0.406. The van der Waals surface area contributed by atoms with Crippen LogP contribution in [-0.4, -0.2) is 83.8 Å². The first-order valence-electron chi connectivity index (χ1n) is 12.3. The van der Waals surface area contributed by atoms with Crippen molar-refractivity contribution in [3.05, 3.63) is 47.8 Å². The lowest BCUT2D eigenvalue weighted by atomic mass is 10.2. The van der Waals surface area contributed by atoms with Gasteiger partial charge in [0.05, 0.1) is 32.0 Å². The molecule has 2 aliphatic rings. The molecule has 0 bridgehead atoms. The number of carbonyl (C=O) groups excluding carboxylic acids is 1. The fourth-order valence-electron chi connectivity index (χ4n) is 4.10. The molecule has 2 aromatic heterocycles. The van der Waals surface area contributed by atoms with Crippen LogP contribution in [0.4, 0.5) is 19.0 Å². The number of alkyl halides is 3. The fraction of sp³-hybridized carbons (Fsp3) is 0.400. The molecule has 1 unspecified atom stereocenters. The number of aliphatic carboxylic acids is 1. The SMILES string of the molecule is COc1c(OCCC2CNCCO2)ccc2c3n(c(=NC(=O)c4cccnc4)nc12)CCN3.O=C(O)C(F)(F)F. The third-order valence-electron chi connectivity index (χ3n) is 5.96. The van der Waals surface area contributed by atoms with Crippen LogP contribution in [0.5, 0.6) is 11.5 Å². The molecule has 0 radical (unpaired) electrons. The van der Waals surface area contributed by atoms with Crippen LogP contribution in [0.1, 0.15) is 16.8 Å². The summed E-state index contributed by atoms with van der Waals surface area (Å²) < 4.78 is 51.1. The summed E-state index contributed by atoms with van der Waals surface area (Å²) in [6.07, 6.45) is -1.07. The number of pyridine rings is 1. The minimum atomic E-state index is -5.08. The topological polar surface area (TPSA) is 149 Å². The van der Waals surface area contributed by atoms with Crippen LogP contribution < -0.4 is 25.7 Å². The number of morpholine rings is 1. The molecule has 0 aliphatic carbocycles. The van der Waals surface area contributed by atoms with Gasteiger partial charge >= 0.3 is 12.1 Å². The van der Waals surface area contributed by atoms with Crippen LogP contribution in [-0.2, 0) is 16.1 Å². The molecule has 0 spiro atoms. The van der Waals surface area contributed by atoms with Crippen molar-refractivity contribution in [1.29, 1.82) is 0 Å². The number of ether oxygens (including phenoxy) is 3. The van der Waals surface area contributed by atoms with Crippen molar-refractivity contribution in [2.75, 3.05) is 45.3 Å². The molecular formula is C25H27F3N6O6. The van der Waals surface area contributed by atoms with Gasteiger partial charge in [-0.3, -0.25) is 14.3 Å². The highest BCUT2D eigenvalue weighted by molar-refractivity contribution is 5.96. The van der Waals surface area contributed by atoms with Gasteiger partial charge in [-0.25, -0.2) is 9.78 Å². The Morgan fingerprint density at radius 3 is 2.73 bits per heavy atom. The molecule has 214 valence electrons. The normalized spacial score (nSPS) is 16.9. The van der Waals surface area contributed by atoms with E-state index in [0.717, 1.165) is 37.3 Å². The molecule has 5 rings (SSSR count). The number of carboxylic acids is 1. The van der Waals surface area contributed by atoms with Crippen molar-refractivity contribution < 1.29 is 42.1 Å². The van der Waals surface area contributed by atoms with Gasteiger partial charge in [-0.05, 0) is 24.3 Å². The number of fused-ring (bicyclic) bond motifs is 3. The summed E-state index contributed by atoms with van der Waals surface area (Å²) in [6, 6.07) is 7.23. The summed E-state index contributed by atoms with van der Waals surface area (Å²) in [5, 5.41) is 14.7. The zero-order valence-corrected chi connectivity index (χ0v) is 21.4. The minimum absolute atomic E-state index is 0.135. The fourth-order valence-corrected chi connectivity index (χ4v) is 4.10. The molecule has 1 fully saturated rings. The van der Waals surface area contributed by atoms with Crippen molar-refractivity contribution in [2.24, 2.45) is 4.99 Å². The van der Waals surface area contributed by atoms with Crippen LogP contribution in [0, 0.1) is 0 Å².